The number of nitrogens with zero attached hydrogens (tertiary/aromatic N) is 1. The zero-order valence-electron chi connectivity index (χ0n) is 18.6. The first-order valence-corrected chi connectivity index (χ1v) is 11.2. The topological polar surface area (TPSA) is 49.4 Å². The van der Waals surface area contributed by atoms with Gasteiger partial charge in [-0.25, -0.2) is 0 Å². The molecule has 0 saturated heterocycles. The number of carbonyl (C=O) groups excluding carboxylic acids is 2. The van der Waals surface area contributed by atoms with E-state index in [1.807, 2.05) is 24.3 Å². The van der Waals surface area contributed by atoms with Gasteiger partial charge in [-0.2, -0.15) is 13.2 Å². The summed E-state index contributed by atoms with van der Waals surface area (Å²) in [5, 5.41) is 2.93. The number of fused-ring (bicyclic) bond motifs is 1. The fourth-order valence-electron chi connectivity index (χ4n) is 4.20. The molecule has 2 amide bonds. The Labute approximate surface area is 196 Å². The van der Waals surface area contributed by atoms with E-state index in [0.717, 1.165) is 30.0 Å². The number of amides is 2. The Kier molecular flexibility index (Phi) is 7.01. The summed E-state index contributed by atoms with van der Waals surface area (Å²) in [6, 6.07) is 20.2. The molecule has 176 valence electrons. The van der Waals surface area contributed by atoms with Gasteiger partial charge in [-0.15, -0.1) is 0 Å². The Morgan fingerprint density at radius 3 is 2.41 bits per heavy atom. The molecule has 1 N–H and O–H groups in total. The molecule has 0 bridgehead atoms. The summed E-state index contributed by atoms with van der Waals surface area (Å²) in [5.74, 6) is -0.799. The lowest BCUT2D eigenvalue weighted by Gasteiger charge is -2.30. The summed E-state index contributed by atoms with van der Waals surface area (Å²) < 4.78 is 40.0. The van der Waals surface area contributed by atoms with Crippen molar-refractivity contribution >= 4 is 11.8 Å². The van der Waals surface area contributed by atoms with Crippen molar-refractivity contribution in [2.75, 3.05) is 13.1 Å². The molecule has 0 aromatic heterocycles. The third kappa shape index (κ3) is 5.47. The zero-order valence-corrected chi connectivity index (χ0v) is 18.6. The van der Waals surface area contributed by atoms with Gasteiger partial charge in [-0.05, 0) is 60.2 Å². The number of aryl methyl sites for hydroxylation is 1. The molecule has 3 aromatic carbocycles. The molecule has 3 aromatic rings. The number of alkyl halides is 3. The van der Waals surface area contributed by atoms with Gasteiger partial charge in [-0.1, -0.05) is 48.5 Å². The third-order valence-corrected chi connectivity index (χ3v) is 6.00. The molecular weight excluding hydrogens is 441 g/mol. The highest BCUT2D eigenvalue weighted by atomic mass is 19.4. The quantitative estimate of drug-likeness (QED) is 0.504. The average Bonchev–Trinajstić information content (AvgIpc) is 2.85. The molecule has 1 aliphatic rings. The minimum Gasteiger partial charge on any atom is -0.352 e. The predicted octanol–water partition coefficient (Wildman–Crippen LogP) is 5.27. The molecule has 0 radical (unpaired) electrons. The molecule has 1 aliphatic heterocycles. The summed E-state index contributed by atoms with van der Waals surface area (Å²) in [6.45, 7) is 1.06. The van der Waals surface area contributed by atoms with E-state index in [9.17, 15) is 22.8 Å². The molecule has 0 atom stereocenters. The van der Waals surface area contributed by atoms with Crippen molar-refractivity contribution in [2.45, 2.75) is 32.0 Å². The van der Waals surface area contributed by atoms with Crippen LogP contribution in [0, 0.1) is 0 Å². The van der Waals surface area contributed by atoms with Gasteiger partial charge in [0.1, 0.15) is 0 Å². The van der Waals surface area contributed by atoms with Crippen molar-refractivity contribution in [1.29, 1.82) is 0 Å². The first-order chi connectivity index (χ1) is 16.3. The SMILES string of the molecule is O=C(NCCCc1ccccc1)c1ccc2c(c1)CCN(C(=O)c1ccccc1C(F)(F)F)C2. The van der Waals surface area contributed by atoms with Crippen LogP contribution >= 0.6 is 0 Å². The Balaban J connectivity index is 1.37. The molecule has 0 fully saturated rings. The van der Waals surface area contributed by atoms with Crippen LogP contribution in [0.5, 0.6) is 0 Å². The molecule has 1 heterocycles. The maximum absolute atomic E-state index is 13.3. The van der Waals surface area contributed by atoms with Crippen LogP contribution in [0.2, 0.25) is 0 Å². The van der Waals surface area contributed by atoms with Gasteiger partial charge in [0.2, 0.25) is 0 Å². The zero-order chi connectivity index (χ0) is 24.1. The van der Waals surface area contributed by atoms with Crippen molar-refractivity contribution in [3.05, 3.63) is 106 Å². The lowest BCUT2D eigenvalue weighted by molar-refractivity contribution is -0.138. The predicted molar refractivity (Wildman–Crippen MR) is 123 cm³/mol. The molecule has 0 saturated carbocycles. The van der Waals surface area contributed by atoms with E-state index in [1.165, 1.54) is 28.7 Å². The number of carbonyl (C=O) groups is 2. The molecule has 0 aliphatic carbocycles. The van der Waals surface area contributed by atoms with E-state index >= 15 is 0 Å². The maximum atomic E-state index is 13.3. The second-order valence-electron chi connectivity index (χ2n) is 8.35. The second kappa shape index (κ2) is 10.1. The minimum atomic E-state index is -4.59. The van der Waals surface area contributed by atoms with Crippen molar-refractivity contribution < 1.29 is 22.8 Å². The Bertz CT molecular complexity index is 1180. The summed E-state index contributed by atoms with van der Waals surface area (Å²) in [7, 11) is 0. The molecule has 4 nitrogen and oxygen atoms in total. The third-order valence-electron chi connectivity index (χ3n) is 6.00. The Hall–Kier alpha value is -3.61. The van der Waals surface area contributed by atoms with Gasteiger partial charge in [0.05, 0.1) is 11.1 Å². The highest BCUT2D eigenvalue weighted by molar-refractivity contribution is 5.96. The van der Waals surface area contributed by atoms with Crippen LogP contribution in [0.15, 0.2) is 72.8 Å². The number of hydrogen-bond acceptors (Lipinski definition) is 2. The van der Waals surface area contributed by atoms with Crippen LogP contribution in [-0.2, 0) is 25.6 Å². The number of nitrogens with one attached hydrogen (secondary N) is 1. The van der Waals surface area contributed by atoms with Gasteiger partial charge < -0.3 is 10.2 Å². The van der Waals surface area contributed by atoms with Crippen LogP contribution in [0.1, 0.15) is 49.4 Å². The van der Waals surface area contributed by atoms with Gasteiger partial charge in [0.15, 0.2) is 0 Å². The second-order valence-corrected chi connectivity index (χ2v) is 8.35. The van der Waals surface area contributed by atoms with E-state index in [2.05, 4.69) is 17.4 Å². The highest BCUT2D eigenvalue weighted by Gasteiger charge is 2.36. The molecular formula is C27H25F3N2O2. The first-order valence-electron chi connectivity index (χ1n) is 11.2. The van der Waals surface area contributed by atoms with Gasteiger partial charge in [0.25, 0.3) is 11.8 Å². The van der Waals surface area contributed by atoms with Crippen LogP contribution in [0.25, 0.3) is 0 Å². The fourth-order valence-corrected chi connectivity index (χ4v) is 4.20. The lowest BCUT2D eigenvalue weighted by Crippen LogP contribution is -2.37. The van der Waals surface area contributed by atoms with Crippen LogP contribution in [0.3, 0.4) is 0 Å². The van der Waals surface area contributed by atoms with E-state index in [4.69, 9.17) is 0 Å². The molecule has 4 rings (SSSR count). The monoisotopic (exact) mass is 466 g/mol. The normalized spacial score (nSPS) is 13.3. The number of halogens is 3. The number of rotatable bonds is 6. The average molecular weight is 467 g/mol. The van der Waals surface area contributed by atoms with Crippen LogP contribution < -0.4 is 5.32 Å². The number of hydrogen-bond donors (Lipinski definition) is 1. The lowest BCUT2D eigenvalue weighted by atomic mass is 9.96. The van der Waals surface area contributed by atoms with E-state index in [-0.39, 0.29) is 18.0 Å². The van der Waals surface area contributed by atoms with Crippen molar-refractivity contribution in [2.24, 2.45) is 0 Å². The minimum absolute atomic E-state index is 0.159. The summed E-state index contributed by atoms with van der Waals surface area (Å²) in [4.78, 5) is 26.8. The molecule has 7 heteroatoms. The summed E-state index contributed by atoms with van der Waals surface area (Å²) in [5.41, 5.74) is 2.27. The van der Waals surface area contributed by atoms with Crippen LogP contribution in [0.4, 0.5) is 13.2 Å². The first kappa shape index (κ1) is 23.5. The van der Waals surface area contributed by atoms with Gasteiger partial charge in [0, 0.05) is 25.2 Å². The standard InChI is InChI=1S/C27H25F3N2O2/c28-27(29,30)24-11-5-4-10-23(24)26(34)32-16-14-20-17-21(12-13-22(20)18-32)25(33)31-15-6-9-19-7-2-1-3-8-19/h1-5,7-8,10-13,17H,6,9,14-16,18H2,(H,31,33). The highest BCUT2D eigenvalue weighted by Crippen LogP contribution is 2.33. The summed E-state index contributed by atoms with van der Waals surface area (Å²) in [6.07, 6.45) is -2.41. The maximum Gasteiger partial charge on any atom is 0.417 e. The van der Waals surface area contributed by atoms with Crippen molar-refractivity contribution in [3.63, 3.8) is 0 Å². The molecule has 34 heavy (non-hydrogen) atoms. The smallest absolute Gasteiger partial charge is 0.352 e. The summed E-state index contributed by atoms with van der Waals surface area (Å²) >= 11 is 0. The van der Waals surface area contributed by atoms with E-state index in [1.54, 1.807) is 12.1 Å². The van der Waals surface area contributed by atoms with Crippen molar-refractivity contribution in [3.8, 4) is 0 Å². The molecule has 0 spiro atoms. The molecule has 0 unspecified atom stereocenters. The van der Waals surface area contributed by atoms with E-state index < -0.39 is 17.6 Å². The fraction of sp³-hybridized carbons (Fsp3) is 0.259. The van der Waals surface area contributed by atoms with Crippen LogP contribution in [-0.4, -0.2) is 29.8 Å². The van der Waals surface area contributed by atoms with Crippen molar-refractivity contribution in [1.82, 2.24) is 10.2 Å². The van der Waals surface area contributed by atoms with E-state index in [0.29, 0.717) is 25.1 Å². The number of benzene rings is 3. The Morgan fingerprint density at radius 1 is 0.912 bits per heavy atom. The largest absolute Gasteiger partial charge is 0.417 e. The van der Waals surface area contributed by atoms with Gasteiger partial charge in [-0.3, -0.25) is 9.59 Å². The Morgan fingerprint density at radius 2 is 1.65 bits per heavy atom. The van der Waals surface area contributed by atoms with Gasteiger partial charge >= 0.3 is 6.18 Å².